The molecular weight excluding hydrogens is 502 g/mol. The van der Waals surface area contributed by atoms with Gasteiger partial charge in [0.2, 0.25) is 22.7 Å². The predicted octanol–water partition coefficient (Wildman–Crippen LogP) is 3.57. The van der Waals surface area contributed by atoms with E-state index in [-0.39, 0.29) is 30.7 Å². The molecule has 0 atom stereocenters. The van der Waals surface area contributed by atoms with Gasteiger partial charge < -0.3 is 14.4 Å². The Balaban J connectivity index is 1.25. The molecule has 2 aliphatic heterocycles. The molecule has 0 spiro atoms. The normalized spacial score (nSPS) is 15.7. The zero-order valence-corrected chi connectivity index (χ0v) is 22.6. The van der Waals surface area contributed by atoms with Gasteiger partial charge in [-0.05, 0) is 49.2 Å². The Morgan fingerprint density at radius 1 is 0.816 bits per heavy atom. The lowest BCUT2D eigenvalue weighted by Gasteiger charge is -2.35. The van der Waals surface area contributed by atoms with E-state index in [0.29, 0.717) is 26.2 Å². The monoisotopic (exact) mass is 535 g/mol. The van der Waals surface area contributed by atoms with Crippen molar-refractivity contribution in [1.82, 2.24) is 14.1 Å². The molecule has 1 amide bonds. The third-order valence-corrected chi connectivity index (χ3v) is 8.82. The number of fused-ring (bicyclic) bond motifs is 1. The number of carbonyl (C=O) groups is 1. The lowest BCUT2D eigenvalue weighted by atomic mass is 10.1. The molecule has 2 aliphatic rings. The number of hydrogen-bond acceptors (Lipinski definition) is 6. The first-order valence-corrected chi connectivity index (χ1v) is 14.2. The standard InChI is InChI=1S/C29H33N3O5S/c1-22-3-7-24(8-4-22)19-32(38(34,35)26-10-5-23(2)6-11-26)20-29(33)31-15-13-30(14-16-31)18-25-9-12-27-28(17-25)37-21-36-27/h3-12,17H,13-16,18-21H2,1-2H3. The van der Waals surface area contributed by atoms with Gasteiger partial charge in [-0.3, -0.25) is 9.69 Å². The Hall–Kier alpha value is -3.40. The molecule has 0 N–H and O–H groups in total. The highest BCUT2D eigenvalue weighted by Gasteiger charge is 2.30. The fraction of sp³-hybridized carbons (Fsp3) is 0.345. The predicted molar refractivity (Wildman–Crippen MR) is 144 cm³/mol. The second kappa shape index (κ2) is 11.1. The number of carbonyl (C=O) groups excluding carboxylic acids is 1. The van der Waals surface area contributed by atoms with E-state index in [0.717, 1.165) is 40.3 Å². The minimum atomic E-state index is -3.86. The van der Waals surface area contributed by atoms with Crippen molar-refractivity contribution < 1.29 is 22.7 Å². The van der Waals surface area contributed by atoms with Gasteiger partial charge in [0.25, 0.3) is 0 Å². The number of ether oxygens (including phenoxy) is 2. The van der Waals surface area contributed by atoms with Gasteiger partial charge >= 0.3 is 0 Å². The highest BCUT2D eigenvalue weighted by molar-refractivity contribution is 7.89. The number of nitrogens with zero attached hydrogens (tertiary/aromatic N) is 3. The van der Waals surface area contributed by atoms with Crippen LogP contribution >= 0.6 is 0 Å². The van der Waals surface area contributed by atoms with E-state index in [2.05, 4.69) is 4.90 Å². The van der Waals surface area contributed by atoms with Crippen LogP contribution < -0.4 is 9.47 Å². The summed E-state index contributed by atoms with van der Waals surface area (Å²) in [5.41, 5.74) is 4.04. The van der Waals surface area contributed by atoms with Gasteiger partial charge in [-0.2, -0.15) is 4.31 Å². The van der Waals surface area contributed by atoms with E-state index in [9.17, 15) is 13.2 Å². The van der Waals surface area contributed by atoms with Gasteiger partial charge in [0.05, 0.1) is 11.4 Å². The second-order valence-electron chi connectivity index (χ2n) is 9.92. The van der Waals surface area contributed by atoms with Crippen LogP contribution in [0, 0.1) is 13.8 Å². The maximum atomic E-state index is 13.6. The third kappa shape index (κ3) is 6.01. The lowest BCUT2D eigenvalue weighted by Crippen LogP contribution is -2.51. The van der Waals surface area contributed by atoms with Crippen LogP contribution in [0.25, 0.3) is 0 Å². The summed E-state index contributed by atoms with van der Waals surface area (Å²) in [6.07, 6.45) is 0. The highest BCUT2D eigenvalue weighted by Crippen LogP contribution is 2.33. The van der Waals surface area contributed by atoms with E-state index >= 15 is 0 Å². The molecule has 0 bridgehead atoms. The molecule has 200 valence electrons. The molecule has 5 rings (SSSR count). The average Bonchev–Trinajstić information content (AvgIpc) is 3.38. The topological polar surface area (TPSA) is 79.4 Å². The summed E-state index contributed by atoms with van der Waals surface area (Å²) in [7, 11) is -3.86. The summed E-state index contributed by atoms with van der Waals surface area (Å²) in [4.78, 5) is 17.6. The Bertz CT molecular complexity index is 1380. The van der Waals surface area contributed by atoms with Crippen molar-refractivity contribution in [2.45, 2.75) is 31.8 Å². The van der Waals surface area contributed by atoms with Gasteiger partial charge in [-0.15, -0.1) is 0 Å². The van der Waals surface area contributed by atoms with Crippen molar-refractivity contribution in [2.24, 2.45) is 0 Å². The van der Waals surface area contributed by atoms with Gasteiger partial charge in [-0.1, -0.05) is 53.6 Å². The van der Waals surface area contributed by atoms with Crippen LogP contribution in [0.4, 0.5) is 0 Å². The smallest absolute Gasteiger partial charge is 0.243 e. The van der Waals surface area contributed by atoms with Gasteiger partial charge in [-0.25, -0.2) is 8.42 Å². The number of amides is 1. The van der Waals surface area contributed by atoms with Crippen molar-refractivity contribution in [3.63, 3.8) is 0 Å². The van der Waals surface area contributed by atoms with E-state index in [4.69, 9.17) is 9.47 Å². The van der Waals surface area contributed by atoms with Gasteiger partial charge in [0, 0.05) is 39.3 Å². The number of hydrogen-bond donors (Lipinski definition) is 0. The molecular formula is C29H33N3O5S. The van der Waals surface area contributed by atoms with Crippen molar-refractivity contribution in [3.8, 4) is 11.5 Å². The number of piperazine rings is 1. The fourth-order valence-electron chi connectivity index (χ4n) is 4.69. The molecule has 38 heavy (non-hydrogen) atoms. The maximum absolute atomic E-state index is 13.6. The minimum absolute atomic E-state index is 0.131. The summed E-state index contributed by atoms with van der Waals surface area (Å²) in [5, 5.41) is 0. The summed E-state index contributed by atoms with van der Waals surface area (Å²) >= 11 is 0. The molecule has 3 aromatic carbocycles. The fourth-order valence-corrected chi connectivity index (χ4v) is 6.06. The molecule has 1 fully saturated rings. The lowest BCUT2D eigenvalue weighted by molar-refractivity contribution is -0.133. The molecule has 9 heteroatoms. The van der Waals surface area contributed by atoms with Crippen LogP contribution in [0.1, 0.15) is 22.3 Å². The van der Waals surface area contributed by atoms with Crippen LogP contribution in [-0.4, -0.2) is 67.9 Å². The Labute approximate surface area is 224 Å². The van der Waals surface area contributed by atoms with E-state index in [1.807, 2.05) is 56.3 Å². The van der Waals surface area contributed by atoms with Gasteiger partial charge in [0.1, 0.15) is 0 Å². The number of benzene rings is 3. The molecule has 0 aromatic heterocycles. The number of rotatable bonds is 8. The van der Waals surface area contributed by atoms with Crippen molar-refractivity contribution in [3.05, 3.63) is 89.0 Å². The summed E-state index contributed by atoms with van der Waals surface area (Å²) in [6.45, 7) is 7.35. The zero-order valence-electron chi connectivity index (χ0n) is 21.8. The van der Waals surface area contributed by atoms with Crippen LogP contribution in [0.5, 0.6) is 11.5 Å². The van der Waals surface area contributed by atoms with Crippen LogP contribution in [-0.2, 0) is 27.9 Å². The highest BCUT2D eigenvalue weighted by atomic mass is 32.2. The zero-order chi connectivity index (χ0) is 26.7. The first kappa shape index (κ1) is 26.2. The summed E-state index contributed by atoms with van der Waals surface area (Å²) in [5.74, 6) is 1.34. The molecule has 0 radical (unpaired) electrons. The quantitative estimate of drug-likeness (QED) is 0.439. The molecule has 3 aromatic rings. The van der Waals surface area contributed by atoms with Crippen LogP contribution in [0.2, 0.25) is 0 Å². The van der Waals surface area contributed by atoms with Crippen LogP contribution in [0.3, 0.4) is 0 Å². The maximum Gasteiger partial charge on any atom is 0.243 e. The first-order valence-electron chi connectivity index (χ1n) is 12.8. The molecule has 0 aliphatic carbocycles. The molecule has 0 unspecified atom stereocenters. The SMILES string of the molecule is Cc1ccc(CN(CC(=O)N2CCN(Cc3ccc4c(c3)OCO4)CC2)S(=O)(=O)c2ccc(C)cc2)cc1. The van der Waals surface area contributed by atoms with E-state index in [1.54, 1.807) is 29.2 Å². The van der Waals surface area contributed by atoms with E-state index in [1.165, 1.54) is 4.31 Å². The summed E-state index contributed by atoms with van der Waals surface area (Å²) in [6, 6.07) is 20.4. The molecule has 0 saturated carbocycles. The van der Waals surface area contributed by atoms with Crippen molar-refractivity contribution in [1.29, 1.82) is 0 Å². The molecule has 1 saturated heterocycles. The summed E-state index contributed by atoms with van der Waals surface area (Å²) < 4.78 is 39.4. The Morgan fingerprint density at radius 2 is 1.42 bits per heavy atom. The second-order valence-corrected chi connectivity index (χ2v) is 11.9. The molecule has 2 heterocycles. The van der Waals surface area contributed by atoms with Crippen molar-refractivity contribution in [2.75, 3.05) is 39.5 Å². The minimum Gasteiger partial charge on any atom is -0.454 e. The average molecular weight is 536 g/mol. The first-order chi connectivity index (χ1) is 18.3. The Morgan fingerprint density at radius 3 is 2.11 bits per heavy atom. The van der Waals surface area contributed by atoms with Gasteiger partial charge in [0.15, 0.2) is 11.5 Å². The van der Waals surface area contributed by atoms with Crippen LogP contribution in [0.15, 0.2) is 71.6 Å². The number of sulfonamides is 1. The molecule has 8 nitrogen and oxygen atoms in total. The largest absolute Gasteiger partial charge is 0.454 e. The van der Waals surface area contributed by atoms with E-state index < -0.39 is 10.0 Å². The number of aryl methyl sites for hydroxylation is 2. The Kier molecular flexibility index (Phi) is 7.69. The third-order valence-electron chi connectivity index (χ3n) is 7.02. The van der Waals surface area contributed by atoms with Crippen molar-refractivity contribution >= 4 is 15.9 Å².